The smallest absolute Gasteiger partial charge is 0.318 e. The van der Waals surface area contributed by atoms with Crippen molar-refractivity contribution in [3.05, 3.63) is 33.8 Å². The predicted octanol–water partition coefficient (Wildman–Crippen LogP) is 1.99. The lowest BCUT2D eigenvalue weighted by atomic mass is 10.2. The van der Waals surface area contributed by atoms with E-state index in [1.807, 2.05) is 0 Å². The molecule has 0 aliphatic rings. The topological polar surface area (TPSA) is 71.4 Å². The second-order valence-corrected chi connectivity index (χ2v) is 6.07. The number of aliphatic carboxylic acids is 1. The fourth-order valence-electron chi connectivity index (χ4n) is 1.13. The molecule has 0 unspecified atom stereocenters. The first kappa shape index (κ1) is 13.3. The van der Waals surface area contributed by atoms with Gasteiger partial charge >= 0.3 is 5.97 Å². The molecule has 0 amide bonds. The van der Waals surface area contributed by atoms with Crippen molar-refractivity contribution in [1.82, 2.24) is 0 Å². The van der Waals surface area contributed by atoms with Gasteiger partial charge in [0.05, 0.1) is 5.75 Å². The molecule has 0 aromatic heterocycles. The summed E-state index contributed by atoms with van der Waals surface area (Å²) in [5.41, 5.74) is 0.301. The van der Waals surface area contributed by atoms with E-state index in [1.54, 1.807) is 0 Å². The highest BCUT2D eigenvalue weighted by molar-refractivity contribution is 7.91. The minimum absolute atomic E-state index is 0.248. The van der Waals surface area contributed by atoms with Gasteiger partial charge in [-0.3, -0.25) is 4.79 Å². The summed E-state index contributed by atoms with van der Waals surface area (Å²) in [6.45, 7) is 0. The van der Waals surface area contributed by atoms with Gasteiger partial charge in [-0.05, 0) is 23.8 Å². The molecule has 0 heterocycles. The van der Waals surface area contributed by atoms with Crippen LogP contribution < -0.4 is 0 Å². The van der Waals surface area contributed by atoms with Gasteiger partial charge in [-0.25, -0.2) is 8.42 Å². The molecule has 0 saturated heterocycles. The monoisotopic (exact) mass is 282 g/mol. The molecule has 1 N–H and O–H groups in total. The average molecular weight is 283 g/mol. The van der Waals surface area contributed by atoms with E-state index in [1.165, 1.54) is 18.2 Å². The molecule has 0 bridgehead atoms. The zero-order chi connectivity index (χ0) is 12.3. The Balaban J connectivity index is 2.96. The quantitative estimate of drug-likeness (QED) is 0.917. The summed E-state index contributed by atoms with van der Waals surface area (Å²) in [6.07, 6.45) is 0. The van der Waals surface area contributed by atoms with Gasteiger partial charge in [-0.15, -0.1) is 0 Å². The van der Waals surface area contributed by atoms with Crippen LogP contribution in [0.3, 0.4) is 0 Å². The van der Waals surface area contributed by atoms with Crippen molar-refractivity contribution in [2.75, 3.05) is 5.75 Å². The molecule has 0 saturated carbocycles. The number of hydrogen-bond donors (Lipinski definition) is 1. The SMILES string of the molecule is O=C(O)CS(=O)(=O)Cc1cc(Cl)ccc1Cl. The highest BCUT2D eigenvalue weighted by Gasteiger charge is 2.18. The minimum atomic E-state index is -3.72. The van der Waals surface area contributed by atoms with E-state index in [2.05, 4.69) is 0 Å². The average Bonchev–Trinajstić information content (AvgIpc) is 2.08. The van der Waals surface area contributed by atoms with E-state index < -0.39 is 27.3 Å². The molecule has 1 aromatic carbocycles. The maximum atomic E-state index is 11.4. The van der Waals surface area contributed by atoms with Gasteiger partial charge in [0, 0.05) is 10.0 Å². The summed E-state index contributed by atoms with van der Waals surface area (Å²) in [5, 5.41) is 9.01. The van der Waals surface area contributed by atoms with Crippen LogP contribution in [0.4, 0.5) is 0 Å². The third kappa shape index (κ3) is 4.00. The highest BCUT2D eigenvalue weighted by atomic mass is 35.5. The number of carboxylic acids is 1. The van der Waals surface area contributed by atoms with Crippen LogP contribution in [-0.2, 0) is 20.4 Å². The van der Waals surface area contributed by atoms with E-state index in [4.69, 9.17) is 28.3 Å². The Bertz CT molecular complexity index is 510. The molecule has 88 valence electrons. The first-order valence-electron chi connectivity index (χ1n) is 4.16. The predicted molar refractivity (Wildman–Crippen MR) is 61.6 cm³/mol. The lowest BCUT2D eigenvalue weighted by molar-refractivity contribution is -0.134. The first-order chi connectivity index (χ1) is 7.30. The van der Waals surface area contributed by atoms with Crippen molar-refractivity contribution in [1.29, 1.82) is 0 Å². The second-order valence-electron chi connectivity index (χ2n) is 3.16. The van der Waals surface area contributed by atoms with E-state index in [9.17, 15) is 13.2 Å². The number of carboxylic acid groups (broad SMARTS) is 1. The van der Waals surface area contributed by atoms with Crippen molar-refractivity contribution in [2.24, 2.45) is 0 Å². The minimum Gasteiger partial charge on any atom is -0.480 e. The van der Waals surface area contributed by atoms with Crippen LogP contribution in [0.15, 0.2) is 18.2 Å². The van der Waals surface area contributed by atoms with Crippen LogP contribution in [0, 0.1) is 0 Å². The molecule has 1 rings (SSSR count). The number of carbonyl (C=O) groups is 1. The van der Waals surface area contributed by atoms with Gasteiger partial charge in [-0.2, -0.15) is 0 Å². The zero-order valence-electron chi connectivity index (χ0n) is 7.98. The van der Waals surface area contributed by atoms with E-state index in [-0.39, 0.29) is 5.02 Å². The fraction of sp³-hybridized carbons (Fsp3) is 0.222. The molecule has 7 heteroatoms. The first-order valence-corrected chi connectivity index (χ1v) is 6.74. The van der Waals surface area contributed by atoms with Gasteiger partial charge < -0.3 is 5.11 Å². The largest absolute Gasteiger partial charge is 0.480 e. The molecule has 0 aliphatic carbocycles. The van der Waals surface area contributed by atoms with Gasteiger partial charge in [-0.1, -0.05) is 23.2 Å². The van der Waals surface area contributed by atoms with Gasteiger partial charge in [0.25, 0.3) is 0 Å². The standard InChI is InChI=1S/C9H8Cl2O4S/c10-7-1-2-8(11)6(3-7)4-16(14,15)5-9(12)13/h1-3H,4-5H2,(H,12,13). The van der Waals surface area contributed by atoms with Crippen LogP contribution >= 0.6 is 23.2 Å². The Kier molecular flexibility index (Phi) is 4.18. The molecule has 16 heavy (non-hydrogen) atoms. The van der Waals surface area contributed by atoms with Crippen LogP contribution in [0.2, 0.25) is 10.0 Å². The second kappa shape index (κ2) is 5.03. The van der Waals surface area contributed by atoms with Crippen LogP contribution in [0.1, 0.15) is 5.56 Å². The molecule has 0 atom stereocenters. The van der Waals surface area contributed by atoms with Crippen LogP contribution in [0.25, 0.3) is 0 Å². The molecule has 0 radical (unpaired) electrons. The molecule has 0 aliphatic heterocycles. The number of benzene rings is 1. The third-order valence-electron chi connectivity index (χ3n) is 1.73. The normalized spacial score (nSPS) is 11.4. The summed E-state index contributed by atoms with van der Waals surface area (Å²) >= 11 is 11.4. The van der Waals surface area contributed by atoms with Crippen LogP contribution in [0.5, 0.6) is 0 Å². The van der Waals surface area contributed by atoms with Crippen molar-refractivity contribution in [2.45, 2.75) is 5.75 Å². The lowest BCUT2D eigenvalue weighted by Crippen LogP contribution is -2.17. The lowest BCUT2D eigenvalue weighted by Gasteiger charge is -2.04. The van der Waals surface area contributed by atoms with Crippen LogP contribution in [-0.4, -0.2) is 25.2 Å². The zero-order valence-corrected chi connectivity index (χ0v) is 10.3. The van der Waals surface area contributed by atoms with Crippen molar-refractivity contribution >= 4 is 39.0 Å². The summed E-state index contributed by atoms with van der Waals surface area (Å²) in [6, 6.07) is 4.40. The third-order valence-corrected chi connectivity index (χ3v) is 3.77. The van der Waals surface area contributed by atoms with Gasteiger partial charge in [0.2, 0.25) is 0 Å². The van der Waals surface area contributed by atoms with E-state index in [0.717, 1.165) is 0 Å². The highest BCUT2D eigenvalue weighted by Crippen LogP contribution is 2.22. The number of hydrogen-bond acceptors (Lipinski definition) is 3. The molecular weight excluding hydrogens is 275 g/mol. The number of halogens is 2. The Morgan fingerprint density at radius 1 is 1.31 bits per heavy atom. The van der Waals surface area contributed by atoms with Gasteiger partial charge in [0.15, 0.2) is 9.84 Å². The molecule has 1 aromatic rings. The maximum absolute atomic E-state index is 11.4. The summed E-state index contributed by atoms with van der Waals surface area (Å²) in [4.78, 5) is 10.3. The van der Waals surface area contributed by atoms with E-state index >= 15 is 0 Å². The molecule has 0 spiro atoms. The number of sulfone groups is 1. The maximum Gasteiger partial charge on any atom is 0.318 e. The van der Waals surface area contributed by atoms with E-state index in [0.29, 0.717) is 10.6 Å². The Labute approximate surface area is 103 Å². The number of rotatable bonds is 4. The Hall–Kier alpha value is -0.780. The Morgan fingerprint density at radius 3 is 2.50 bits per heavy atom. The molecule has 0 fully saturated rings. The van der Waals surface area contributed by atoms with Crippen molar-refractivity contribution in [3.8, 4) is 0 Å². The van der Waals surface area contributed by atoms with Crippen molar-refractivity contribution in [3.63, 3.8) is 0 Å². The fourth-order valence-corrected chi connectivity index (χ4v) is 2.78. The summed E-state index contributed by atoms with van der Waals surface area (Å²) < 4.78 is 22.8. The summed E-state index contributed by atoms with van der Waals surface area (Å²) in [7, 11) is -3.72. The Morgan fingerprint density at radius 2 is 1.94 bits per heavy atom. The molecular formula is C9H8Cl2O4S. The van der Waals surface area contributed by atoms with Crippen molar-refractivity contribution < 1.29 is 18.3 Å². The summed E-state index contributed by atoms with van der Waals surface area (Å²) in [5.74, 6) is -2.74. The van der Waals surface area contributed by atoms with Gasteiger partial charge in [0.1, 0.15) is 5.75 Å². The molecule has 4 nitrogen and oxygen atoms in total.